The number of amides is 1. The smallest absolute Gasteiger partial charge is 0.261 e. The third-order valence-electron chi connectivity index (χ3n) is 4.46. The van der Waals surface area contributed by atoms with E-state index in [2.05, 4.69) is 10.3 Å². The Morgan fingerprint density at radius 2 is 1.74 bits per heavy atom. The van der Waals surface area contributed by atoms with Crippen molar-refractivity contribution in [1.29, 1.82) is 0 Å². The molecule has 4 heteroatoms. The molecule has 4 nitrogen and oxygen atoms in total. The van der Waals surface area contributed by atoms with Crippen molar-refractivity contribution in [1.82, 2.24) is 10.3 Å². The van der Waals surface area contributed by atoms with Crippen LogP contribution in [0.25, 0.3) is 11.3 Å². The molecule has 1 aromatic carbocycles. The van der Waals surface area contributed by atoms with E-state index in [0.29, 0.717) is 0 Å². The quantitative estimate of drug-likeness (QED) is 0.912. The van der Waals surface area contributed by atoms with E-state index in [1.807, 2.05) is 31.2 Å². The molecule has 1 aliphatic carbocycles. The zero-order valence-electron chi connectivity index (χ0n) is 13.4. The summed E-state index contributed by atoms with van der Waals surface area (Å²) in [6.45, 7) is 2.02. The molecule has 0 saturated heterocycles. The van der Waals surface area contributed by atoms with Gasteiger partial charge in [-0.25, -0.2) is 0 Å². The highest BCUT2D eigenvalue weighted by molar-refractivity contribution is 5.94. The number of carbonyl (C=O) groups is 1. The Hall–Kier alpha value is -2.36. The van der Waals surface area contributed by atoms with E-state index in [1.165, 1.54) is 12.0 Å². The van der Waals surface area contributed by atoms with Crippen molar-refractivity contribution in [2.75, 3.05) is 0 Å². The van der Waals surface area contributed by atoms with Gasteiger partial charge in [-0.2, -0.15) is 0 Å². The first-order chi connectivity index (χ1) is 11.1. The van der Waals surface area contributed by atoms with Crippen LogP contribution in [0, 0.1) is 6.92 Å². The summed E-state index contributed by atoms with van der Waals surface area (Å²) in [5.74, 6) is -0.270. The zero-order valence-corrected chi connectivity index (χ0v) is 13.4. The van der Waals surface area contributed by atoms with E-state index < -0.39 is 0 Å². The number of aryl methyl sites for hydroxylation is 1. The fourth-order valence-corrected chi connectivity index (χ4v) is 3.06. The molecule has 23 heavy (non-hydrogen) atoms. The second-order valence-corrected chi connectivity index (χ2v) is 6.29. The lowest BCUT2D eigenvalue weighted by Crippen LogP contribution is -2.38. The summed E-state index contributed by atoms with van der Waals surface area (Å²) in [6, 6.07) is 11.5. The molecule has 3 rings (SSSR count). The molecule has 0 radical (unpaired) electrons. The van der Waals surface area contributed by atoms with E-state index in [1.54, 1.807) is 12.1 Å². The number of rotatable bonds is 3. The number of pyridine rings is 1. The molecule has 1 saturated carbocycles. The predicted molar refractivity (Wildman–Crippen MR) is 91.6 cm³/mol. The molecule has 1 amide bonds. The number of hydrogen-bond acceptors (Lipinski definition) is 2. The normalized spacial score (nSPS) is 15.3. The lowest BCUT2D eigenvalue weighted by molar-refractivity contribution is 0.0926. The Kier molecular flexibility index (Phi) is 4.60. The van der Waals surface area contributed by atoms with Crippen molar-refractivity contribution < 1.29 is 4.79 Å². The zero-order chi connectivity index (χ0) is 16.2. The number of nitrogens with one attached hydrogen (secondary N) is 2. The molecule has 0 spiro atoms. The Morgan fingerprint density at radius 1 is 1.04 bits per heavy atom. The number of carbonyl (C=O) groups excluding carboxylic acids is 1. The van der Waals surface area contributed by atoms with Crippen LogP contribution < -0.4 is 10.9 Å². The van der Waals surface area contributed by atoms with E-state index in [9.17, 15) is 9.59 Å². The average Bonchev–Trinajstić information content (AvgIpc) is 2.56. The van der Waals surface area contributed by atoms with Crippen LogP contribution in [0.4, 0.5) is 0 Å². The largest absolute Gasteiger partial charge is 0.349 e. The van der Waals surface area contributed by atoms with Crippen LogP contribution in [0.5, 0.6) is 0 Å². The predicted octanol–water partition coefficient (Wildman–Crippen LogP) is 3.41. The number of H-pyrrole nitrogens is 1. The minimum absolute atomic E-state index is 0.187. The molecule has 1 aromatic heterocycles. The van der Waals surface area contributed by atoms with Crippen LogP contribution in [0.2, 0.25) is 0 Å². The third-order valence-corrected chi connectivity index (χ3v) is 4.46. The summed E-state index contributed by atoms with van der Waals surface area (Å²) in [7, 11) is 0. The van der Waals surface area contributed by atoms with E-state index in [0.717, 1.165) is 36.9 Å². The highest BCUT2D eigenvalue weighted by atomic mass is 16.2. The summed E-state index contributed by atoms with van der Waals surface area (Å²) in [4.78, 5) is 27.4. The fraction of sp³-hybridized carbons (Fsp3) is 0.368. The number of aromatic amines is 1. The second kappa shape index (κ2) is 6.82. The van der Waals surface area contributed by atoms with Crippen LogP contribution in [0.3, 0.4) is 0 Å². The standard InChI is InChI=1S/C19H22N2O2/c1-13-7-9-14(10-8-13)17-12-11-16(19(23)21-17)18(22)20-15-5-3-2-4-6-15/h7-12,15H,2-6H2,1H3,(H,20,22)(H,21,23). The monoisotopic (exact) mass is 310 g/mol. The van der Waals surface area contributed by atoms with Gasteiger partial charge in [0.25, 0.3) is 11.5 Å². The first-order valence-corrected chi connectivity index (χ1v) is 8.25. The van der Waals surface area contributed by atoms with Crippen molar-refractivity contribution in [3.8, 4) is 11.3 Å². The summed E-state index contributed by atoms with van der Waals surface area (Å²) < 4.78 is 0. The van der Waals surface area contributed by atoms with Gasteiger partial charge in [-0.15, -0.1) is 0 Å². The molecule has 2 N–H and O–H groups in total. The van der Waals surface area contributed by atoms with Gasteiger partial charge in [-0.3, -0.25) is 9.59 Å². The Labute approximate surface area is 135 Å². The van der Waals surface area contributed by atoms with Crippen molar-refractivity contribution in [3.63, 3.8) is 0 Å². The first kappa shape index (κ1) is 15.5. The van der Waals surface area contributed by atoms with Crippen molar-refractivity contribution in [2.24, 2.45) is 0 Å². The minimum Gasteiger partial charge on any atom is -0.349 e. The molecule has 0 bridgehead atoms. The Bertz CT molecular complexity index is 741. The number of aromatic nitrogens is 1. The maximum absolute atomic E-state index is 12.3. The van der Waals surface area contributed by atoms with E-state index in [4.69, 9.17) is 0 Å². The summed E-state index contributed by atoms with van der Waals surface area (Å²) in [5.41, 5.74) is 2.68. The van der Waals surface area contributed by atoms with E-state index in [-0.39, 0.29) is 23.1 Å². The Morgan fingerprint density at radius 3 is 2.39 bits per heavy atom. The molecular weight excluding hydrogens is 288 g/mol. The molecule has 0 aliphatic heterocycles. The van der Waals surface area contributed by atoms with Crippen LogP contribution >= 0.6 is 0 Å². The van der Waals surface area contributed by atoms with Crippen LogP contribution in [0.1, 0.15) is 48.0 Å². The molecule has 1 fully saturated rings. The molecule has 0 atom stereocenters. The molecule has 0 unspecified atom stereocenters. The lowest BCUT2D eigenvalue weighted by Gasteiger charge is -2.22. The van der Waals surface area contributed by atoms with Gasteiger partial charge in [0, 0.05) is 11.7 Å². The fourth-order valence-electron chi connectivity index (χ4n) is 3.06. The van der Waals surface area contributed by atoms with Crippen molar-refractivity contribution in [3.05, 3.63) is 57.9 Å². The maximum Gasteiger partial charge on any atom is 0.261 e. The molecule has 1 aliphatic rings. The Balaban J connectivity index is 1.77. The number of benzene rings is 1. The topological polar surface area (TPSA) is 62.0 Å². The first-order valence-electron chi connectivity index (χ1n) is 8.25. The van der Waals surface area contributed by atoms with Gasteiger partial charge in [0.2, 0.25) is 0 Å². The maximum atomic E-state index is 12.3. The van der Waals surface area contributed by atoms with Gasteiger partial charge >= 0.3 is 0 Å². The highest BCUT2D eigenvalue weighted by Gasteiger charge is 2.18. The summed E-state index contributed by atoms with van der Waals surface area (Å²) in [5, 5.41) is 2.98. The van der Waals surface area contributed by atoms with Gasteiger partial charge in [-0.1, -0.05) is 49.1 Å². The second-order valence-electron chi connectivity index (χ2n) is 6.29. The third kappa shape index (κ3) is 3.70. The summed E-state index contributed by atoms with van der Waals surface area (Å²) >= 11 is 0. The summed E-state index contributed by atoms with van der Waals surface area (Å²) in [6.07, 6.45) is 5.54. The lowest BCUT2D eigenvalue weighted by atomic mass is 9.95. The van der Waals surface area contributed by atoms with Gasteiger partial charge in [0.05, 0.1) is 0 Å². The van der Waals surface area contributed by atoms with E-state index >= 15 is 0 Å². The van der Waals surface area contributed by atoms with Gasteiger partial charge < -0.3 is 10.3 Å². The highest BCUT2D eigenvalue weighted by Crippen LogP contribution is 2.18. The van der Waals surface area contributed by atoms with Crippen LogP contribution in [-0.2, 0) is 0 Å². The van der Waals surface area contributed by atoms with Crippen LogP contribution in [0.15, 0.2) is 41.2 Å². The van der Waals surface area contributed by atoms with Gasteiger partial charge in [0.15, 0.2) is 0 Å². The van der Waals surface area contributed by atoms with Crippen molar-refractivity contribution >= 4 is 5.91 Å². The van der Waals surface area contributed by atoms with Gasteiger partial charge in [0.1, 0.15) is 5.56 Å². The van der Waals surface area contributed by atoms with Crippen LogP contribution in [-0.4, -0.2) is 16.9 Å². The molecule has 2 aromatic rings. The average molecular weight is 310 g/mol. The molecule has 1 heterocycles. The SMILES string of the molecule is Cc1ccc(-c2ccc(C(=O)NC3CCCCC3)c(=O)[nH]2)cc1. The molecular formula is C19H22N2O2. The van der Waals surface area contributed by atoms with Gasteiger partial charge in [-0.05, 0) is 37.5 Å². The molecule has 120 valence electrons. The van der Waals surface area contributed by atoms with Crippen molar-refractivity contribution in [2.45, 2.75) is 45.1 Å². The minimum atomic E-state index is -0.337. The number of hydrogen-bond donors (Lipinski definition) is 2.